The third-order valence-electron chi connectivity index (χ3n) is 2.80. The summed E-state index contributed by atoms with van der Waals surface area (Å²) >= 11 is 5.21. The molecule has 0 spiro atoms. The van der Waals surface area contributed by atoms with E-state index in [2.05, 4.69) is 5.32 Å². The van der Waals surface area contributed by atoms with E-state index in [0.29, 0.717) is 23.7 Å². The molecule has 4 nitrogen and oxygen atoms in total. The van der Waals surface area contributed by atoms with Crippen LogP contribution in [0, 0.1) is 0 Å². The summed E-state index contributed by atoms with van der Waals surface area (Å²) in [5, 5.41) is 3.03. The summed E-state index contributed by atoms with van der Waals surface area (Å²) in [4.78, 5) is 0.763. The summed E-state index contributed by atoms with van der Waals surface area (Å²) in [5.41, 5.74) is 2.01. The van der Waals surface area contributed by atoms with Crippen LogP contribution in [0.3, 0.4) is 0 Å². The molecule has 18 heavy (non-hydrogen) atoms. The molecule has 0 amide bonds. The SMILES string of the molecule is COc1cc2c(c(OC)c1OC)C=CNC(=S)C2. The van der Waals surface area contributed by atoms with Crippen LogP contribution in [0.2, 0.25) is 0 Å². The molecule has 1 aliphatic heterocycles. The highest BCUT2D eigenvalue weighted by molar-refractivity contribution is 7.80. The minimum Gasteiger partial charge on any atom is -0.493 e. The van der Waals surface area contributed by atoms with Crippen molar-refractivity contribution in [3.8, 4) is 17.2 Å². The lowest BCUT2D eigenvalue weighted by Crippen LogP contribution is -2.15. The van der Waals surface area contributed by atoms with E-state index in [0.717, 1.165) is 16.1 Å². The Morgan fingerprint density at radius 1 is 1.11 bits per heavy atom. The summed E-state index contributed by atoms with van der Waals surface area (Å²) < 4.78 is 16.1. The van der Waals surface area contributed by atoms with Crippen LogP contribution in [0.4, 0.5) is 0 Å². The molecular formula is C13H15NO3S. The zero-order valence-corrected chi connectivity index (χ0v) is 11.4. The number of methoxy groups -OCH3 is 3. The third kappa shape index (κ3) is 2.13. The van der Waals surface area contributed by atoms with Gasteiger partial charge in [-0.3, -0.25) is 0 Å². The van der Waals surface area contributed by atoms with Crippen molar-refractivity contribution in [1.82, 2.24) is 5.32 Å². The number of rotatable bonds is 3. The van der Waals surface area contributed by atoms with E-state index < -0.39 is 0 Å². The average molecular weight is 265 g/mol. The lowest BCUT2D eigenvalue weighted by Gasteiger charge is -2.17. The molecule has 0 radical (unpaired) electrons. The van der Waals surface area contributed by atoms with Gasteiger partial charge in [0.2, 0.25) is 5.75 Å². The topological polar surface area (TPSA) is 39.7 Å². The van der Waals surface area contributed by atoms with Gasteiger partial charge in [0.1, 0.15) is 0 Å². The smallest absolute Gasteiger partial charge is 0.203 e. The Morgan fingerprint density at radius 2 is 1.83 bits per heavy atom. The number of nitrogens with one attached hydrogen (secondary N) is 1. The van der Waals surface area contributed by atoms with Crippen LogP contribution in [0.5, 0.6) is 17.2 Å². The highest BCUT2D eigenvalue weighted by Crippen LogP contribution is 2.43. The van der Waals surface area contributed by atoms with Crippen molar-refractivity contribution in [1.29, 1.82) is 0 Å². The number of thiocarbonyl (C=S) groups is 1. The maximum absolute atomic E-state index is 5.44. The van der Waals surface area contributed by atoms with Crippen molar-refractivity contribution in [2.45, 2.75) is 6.42 Å². The number of hydrogen-bond acceptors (Lipinski definition) is 4. The maximum atomic E-state index is 5.44. The third-order valence-corrected chi connectivity index (χ3v) is 3.06. The fourth-order valence-corrected chi connectivity index (χ4v) is 2.22. The highest BCUT2D eigenvalue weighted by atomic mass is 32.1. The van der Waals surface area contributed by atoms with E-state index in [4.69, 9.17) is 26.4 Å². The normalized spacial score (nSPS) is 13.4. The molecule has 0 bridgehead atoms. The second kappa shape index (κ2) is 5.27. The largest absolute Gasteiger partial charge is 0.493 e. The first-order valence-electron chi connectivity index (χ1n) is 5.49. The lowest BCUT2D eigenvalue weighted by atomic mass is 10.0. The molecule has 96 valence electrons. The van der Waals surface area contributed by atoms with Crippen LogP contribution in [-0.2, 0) is 6.42 Å². The molecule has 0 saturated carbocycles. The fourth-order valence-electron chi connectivity index (χ4n) is 2.00. The predicted octanol–water partition coefficient (Wildman–Crippen LogP) is 2.16. The quantitative estimate of drug-likeness (QED) is 0.848. The minimum absolute atomic E-state index is 0.594. The monoisotopic (exact) mass is 265 g/mol. The summed E-state index contributed by atoms with van der Waals surface area (Å²) in [6.45, 7) is 0. The first-order chi connectivity index (χ1) is 8.71. The first kappa shape index (κ1) is 12.7. The summed E-state index contributed by atoms with van der Waals surface area (Å²) in [5.74, 6) is 1.90. The van der Waals surface area contributed by atoms with Gasteiger partial charge in [0.25, 0.3) is 0 Å². The van der Waals surface area contributed by atoms with Gasteiger partial charge >= 0.3 is 0 Å². The van der Waals surface area contributed by atoms with E-state index in [9.17, 15) is 0 Å². The fraction of sp³-hybridized carbons (Fsp3) is 0.308. The molecule has 0 fully saturated rings. The van der Waals surface area contributed by atoms with Crippen LogP contribution < -0.4 is 19.5 Å². The molecule has 1 heterocycles. The molecular weight excluding hydrogens is 250 g/mol. The van der Waals surface area contributed by atoms with Crippen LogP contribution in [0.25, 0.3) is 6.08 Å². The minimum atomic E-state index is 0.594. The Hall–Kier alpha value is -1.75. The van der Waals surface area contributed by atoms with E-state index in [-0.39, 0.29) is 0 Å². The van der Waals surface area contributed by atoms with Crippen molar-refractivity contribution in [3.05, 3.63) is 23.4 Å². The van der Waals surface area contributed by atoms with Crippen LogP contribution in [-0.4, -0.2) is 26.3 Å². The Bertz CT molecular complexity index is 511. The van der Waals surface area contributed by atoms with Crippen LogP contribution in [0.15, 0.2) is 12.3 Å². The molecule has 5 heteroatoms. The van der Waals surface area contributed by atoms with Crippen LogP contribution in [0.1, 0.15) is 11.1 Å². The predicted molar refractivity (Wildman–Crippen MR) is 74.6 cm³/mol. The Kier molecular flexibility index (Phi) is 3.72. The van der Waals surface area contributed by atoms with E-state index in [1.165, 1.54) is 0 Å². The lowest BCUT2D eigenvalue weighted by molar-refractivity contribution is 0.323. The van der Waals surface area contributed by atoms with Gasteiger partial charge in [0.05, 0.1) is 26.3 Å². The molecule has 1 aliphatic rings. The number of hydrogen-bond donors (Lipinski definition) is 1. The number of ether oxygens (including phenoxy) is 3. The van der Waals surface area contributed by atoms with Gasteiger partial charge in [-0.05, 0) is 17.7 Å². The van der Waals surface area contributed by atoms with E-state index in [1.807, 2.05) is 18.3 Å². The Balaban J connectivity index is 2.67. The molecule has 1 aromatic carbocycles. The molecule has 0 aliphatic carbocycles. The van der Waals surface area contributed by atoms with E-state index in [1.54, 1.807) is 21.3 Å². The molecule has 0 unspecified atom stereocenters. The van der Waals surface area contributed by atoms with Gasteiger partial charge in [0.15, 0.2) is 11.5 Å². The van der Waals surface area contributed by atoms with Crippen molar-refractivity contribution in [2.75, 3.05) is 21.3 Å². The Labute approximate surface area is 112 Å². The zero-order valence-electron chi connectivity index (χ0n) is 10.6. The maximum Gasteiger partial charge on any atom is 0.203 e. The molecule has 1 N–H and O–H groups in total. The molecule has 1 aromatic rings. The molecule has 0 atom stereocenters. The average Bonchev–Trinajstić information content (AvgIpc) is 2.56. The van der Waals surface area contributed by atoms with Gasteiger partial charge in [-0.15, -0.1) is 0 Å². The second-order valence-corrected chi connectivity index (χ2v) is 4.29. The number of fused-ring (bicyclic) bond motifs is 1. The van der Waals surface area contributed by atoms with Gasteiger partial charge < -0.3 is 19.5 Å². The number of benzene rings is 1. The summed E-state index contributed by atoms with van der Waals surface area (Å²) in [6.07, 6.45) is 4.38. The van der Waals surface area contributed by atoms with E-state index >= 15 is 0 Å². The zero-order chi connectivity index (χ0) is 13.1. The van der Waals surface area contributed by atoms with Crippen molar-refractivity contribution >= 4 is 23.3 Å². The van der Waals surface area contributed by atoms with Gasteiger partial charge in [-0.25, -0.2) is 0 Å². The standard InChI is InChI=1S/C13H15NO3S/c1-15-10-6-8-7-11(18)14-5-4-9(8)12(16-2)13(10)17-3/h4-6H,7H2,1-3H3,(H,14,18). The summed E-state index contributed by atoms with van der Waals surface area (Å²) in [7, 11) is 4.81. The van der Waals surface area contributed by atoms with Crippen molar-refractivity contribution < 1.29 is 14.2 Å². The molecule has 0 saturated heterocycles. The Morgan fingerprint density at radius 3 is 2.44 bits per heavy atom. The first-order valence-corrected chi connectivity index (χ1v) is 5.89. The van der Waals surface area contributed by atoms with Crippen molar-refractivity contribution in [3.63, 3.8) is 0 Å². The van der Waals surface area contributed by atoms with Crippen molar-refractivity contribution in [2.24, 2.45) is 0 Å². The highest BCUT2D eigenvalue weighted by Gasteiger charge is 2.20. The second-order valence-electron chi connectivity index (χ2n) is 3.80. The van der Waals surface area contributed by atoms with Gasteiger partial charge in [-0.2, -0.15) is 0 Å². The molecule has 2 rings (SSSR count). The van der Waals surface area contributed by atoms with Gasteiger partial charge in [0, 0.05) is 18.2 Å². The molecule has 0 aromatic heterocycles. The summed E-state index contributed by atoms with van der Waals surface area (Å²) in [6, 6.07) is 1.93. The van der Waals surface area contributed by atoms with Gasteiger partial charge in [-0.1, -0.05) is 12.2 Å². The van der Waals surface area contributed by atoms with Crippen LogP contribution >= 0.6 is 12.2 Å².